The van der Waals surface area contributed by atoms with Gasteiger partial charge in [-0.05, 0) is 24.6 Å². The van der Waals surface area contributed by atoms with E-state index >= 15 is 0 Å². The van der Waals surface area contributed by atoms with Crippen molar-refractivity contribution in [1.29, 1.82) is 0 Å². The van der Waals surface area contributed by atoms with Crippen LogP contribution in [0.25, 0.3) is 11.0 Å². The van der Waals surface area contributed by atoms with E-state index < -0.39 is 10.8 Å². The number of anilines is 1. The highest BCUT2D eigenvalue weighted by Crippen LogP contribution is 2.22. The molecule has 0 bridgehead atoms. The third-order valence-corrected chi connectivity index (χ3v) is 4.93. The van der Waals surface area contributed by atoms with E-state index in [-0.39, 0.29) is 5.25 Å². The summed E-state index contributed by atoms with van der Waals surface area (Å²) in [6.07, 6.45) is 2.56. The highest BCUT2D eigenvalue weighted by Gasteiger charge is 2.11. The minimum absolute atomic E-state index is 0.161. The normalized spacial score (nSPS) is 14.8. The molecule has 2 atom stereocenters. The maximum Gasteiger partial charge on any atom is 0.201 e. The molecule has 4 nitrogen and oxygen atoms in total. The van der Waals surface area contributed by atoms with Crippen LogP contribution in [0.3, 0.4) is 0 Å². The fourth-order valence-electron chi connectivity index (χ4n) is 1.83. The molecule has 0 radical (unpaired) electrons. The van der Waals surface area contributed by atoms with Crippen molar-refractivity contribution in [2.75, 3.05) is 12.0 Å². The largest absolute Gasteiger partial charge is 0.369 e. The fraction of sp³-hybridized carbons (Fsp3) is 0.417. The van der Waals surface area contributed by atoms with Gasteiger partial charge in [0.15, 0.2) is 0 Å². The number of nitrogens with zero attached hydrogens (tertiary/aromatic N) is 2. The molecule has 0 spiro atoms. The van der Waals surface area contributed by atoms with Crippen molar-refractivity contribution in [3.05, 3.63) is 22.7 Å². The lowest BCUT2D eigenvalue weighted by molar-refractivity contribution is 0.633. The van der Waals surface area contributed by atoms with Crippen molar-refractivity contribution < 1.29 is 4.21 Å². The molecule has 0 amide bonds. The molecule has 6 heteroatoms. The molecule has 2 unspecified atom stereocenters. The number of halogens is 1. The summed E-state index contributed by atoms with van der Waals surface area (Å²) in [6, 6.07) is 5.89. The van der Waals surface area contributed by atoms with E-state index in [4.69, 9.17) is 5.73 Å². The molecule has 0 aliphatic heterocycles. The van der Waals surface area contributed by atoms with Crippen molar-refractivity contribution >= 4 is 43.7 Å². The number of imidazole rings is 1. The van der Waals surface area contributed by atoms with Gasteiger partial charge in [0, 0.05) is 33.3 Å². The third kappa shape index (κ3) is 2.75. The molecular formula is C12H16BrN3OS. The van der Waals surface area contributed by atoms with Gasteiger partial charge < -0.3 is 10.3 Å². The second-order valence-electron chi connectivity index (χ2n) is 4.35. The standard InChI is InChI=1S/C12H16BrN3OS/c1-8(18(2)17)5-6-16-11-7-9(13)3-4-10(11)15-12(16)14/h3-4,7-8H,5-6H2,1-2H3,(H2,14,15). The highest BCUT2D eigenvalue weighted by molar-refractivity contribution is 9.10. The molecule has 1 aromatic carbocycles. The van der Waals surface area contributed by atoms with E-state index in [0.717, 1.165) is 28.5 Å². The lowest BCUT2D eigenvalue weighted by atomic mass is 10.3. The summed E-state index contributed by atoms with van der Waals surface area (Å²) in [6.45, 7) is 2.72. The molecule has 18 heavy (non-hydrogen) atoms. The lowest BCUT2D eigenvalue weighted by Gasteiger charge is -2.10. The van der Waals surface area contributed by atoms with Gasteiger partial charge in [0.1, 0.15) is 0 Å². The number of fused-ring (bicyclic) bond motifs is 1. The van der Waals surface area contributed by atoms with Gasteiger partial charge in [-0.25, -0.2) is 4.98 Å². The van der Waals surface area contributed by atoms with Crippen LogP contribution in [0.4, 0.5) is 5.95 Å². The Balaban J connectivity index is 2.29. The van der Waals surface area contributed by atoms with Crippen molar-refractivity contribution in [3.8, 4) is 0 Å². The SMILES string of the molecule is CC(CCn1c(N)nc2ccc(Br)cc21)S(C)=O. The first-order valence-electron chi connectivity index (χ1n) is 5.72. The Morgan fingerprint density at radius 1 is 1.56 bits per heavy atom. The number of aryl methyl sites for hydroxylation is 1. The fourth-order valence-corrected chi connectivity index (χ4v) is 2.61. The lowest BCUT2D eigenvalue weighted by Crippen LogP contribution is -2.13. The van der Waals surface area contributed by atoms with Gasteiger partial charge in [0.25, 0.3) is 0 Å². The molecule has 0 fully saturated rings. The summed E-state index contributed by atoms with van der Waals surface area (Å²) >= 11 is 3.45. The average molecular weight is 330 g/mol. The summed E-state index contributed by atoms with van der Waals surface area (Å²) in [7, 11) is -0.800. The number of benzene rings is 1. The van der Waals surface area contributed by atoms with Gasteiger partial charge >= 0.3 is 0 Å². The minimum atomic E-state index is -0.800. The van der Waals surface area contributed by atoms with Gasteiger partial charge in [-0.2, -0.15) is 0 Å². The van der Waals surface area contributed by atoms with E-state index in [9.17, 15) is 4.21 Å². The number of nitrogen functional groups attached to an aromatic ring is 1. The molecule has 0 saturated carbocycles. The number of aromatic nitrogens is 2. The Bertz CT molecular complexity index is 596. The predicted molar refractivity (Wildman–Crippen MR) is 80.0 cm³/mol. The molecule has 0 saturated heterocycles. The quantitative estimate of drug-likeness (QED) is 0.937. The van der Waals surface area contributed by atoms with Gasteiger partial charge in [0.2, 0.25) is 5.95 Å². The number of rotatable bonds is 4. The van der Waals surface area contributed by atoms with Crippen LogP contribution in [0.15, 0.2) is 22.7 Å². The van der Waals surface area contributed by atoms with Gasteiger partial charge in [0.05, 0.1) is 11.0 Å². The Morgan fingerprint density at radius 2 is 2.28 bits per heavy atom. The van der Waals surface area contributed by atoms with Crippen LogP contribution in [-0.4, -0.2) is 25.3 Å². The molecular weight excluding hydrogens is 314 g/mol. The first-order valence-corrected chi connectivity index (χ1v) is 8.14. The van der Waals surface area contributed by atoms with Crippen LogP contribution in [-0.2, 0) is 17.3 Å². The van der Waals surface area contributed by atoms with Crippen molar-refractivity contribution in [1.82, 2.24) is 9.55 Å². The van der Waals surface area contributed by atoms with E-state index in [0.29, 0.717) is 5.95 Å². The summed E-state index contributed by atoms with van der Waals surface area (Å²) in [5.41, 5.74) is 7.83. The Morgan fingerprint density at radius 3 is 2.94 bits per heavy atom. The predicted octanol–water partition coefficient (Wildman–Crippen LogP) is 2.54. The molecule has 0 aliphatic rings. The van der Waals surface area contributed by atoms with Gasteiger partial charge in [-0.1, -0.05) is 22.9 Å². The zero-order valence-electron chi connectivity index (χ0n) is 10.4. The van der Waals surface area contributed by atoms with Crippen LogP contribution in [0.1, 0.15) is 13.3 Å². The maximum absolute atomic E-state index is 11.4. The first kappa shape index (κ1) is 13.5. The monoisotopic (exact) mass is 329 g/mol. The molecule has 1 heterocycles. The molecule has 1 aromatic heterocycles. The second kappa shape index (κ2) is 5.40. The zero-order valence-corrected chi connectivity index (χ0v) is 12.8. The van der Waals surface area contributed by atoms with E-state index in [1.165, 1.54) is 0 Å². The van der Waals surface area contributed by atoms with Gasteiger partial charge in [-0.3, -0.25) is 4.21 Å². The molecule has 98 valence electrons. The minimum Gasteiger partial charge on any atom is -0.369 e. The van der Waals surface area contributed by atoms with Crippen molar-refractivity contribution in [2.24, 2.45) is 0 Å². The summed E-state index contributed by atoms with van der Waals surface area (Å²) in [5.74, 6) is 0.511. The summed E-state index contributed by atoms with van der Waals surface area (Å²) < 4.78 is 14.3. The van der Waals surface area contributed by atoms with Crippen molar-refractivity contribution in [2.45, 2.75) is 25.1 Å². The third-order valence-electron chi connectivity index (χ3n) is 3.07. The molecule has 2 N–H and O–H groups in total. The smallest absolute Gasteiger partial charge is 0.201 e. The van der Waals surface area contributed by atoms with E-state index in [2.05, 4.69) is 20.9 Å². The van der Waals surface area contributed by atoms with Crippen molar-refractivity contribution in [3.63, 3.8) is 0 Å². The first-order chi connectivity index (χ1) is 8.49. The highest BCUT2D eigenvalue weighted by atomic mass is 79.9. The second-order valence-corrected chi connectivity index (χ2v) is 7.07. The van der Waals surface area contributed by atoms with E-state index in [1.807, 2.05) is 29.7 Å². The Labute approximate surface area is 117 Å². The average Bonchev–Trinajstić information content (AvgIpc) is 2.61. The maximum atomic E-state index is 11.4. The Kier molecular flexibility index (Phi) is 4.07. The summed E-state index contributed by atoms with van der Waals surface area (Å²) in [4.78, 5) is 4.32. The van der Waals surface area contributed by atoms with Gasteiger partial charge in [-0.15, -0.1) is 0 Å². The van der Waals surface area contributed by atoms with Crippen LogP contribution in [0.5, 0.6) is 0 Å². The van der Waals surface area contributed by atoms with Crippen LogP contribution >= 0.6 is 15.9 Å². The zero-order chi connectivity index (χ0) is 13.3. The topological polar surface area (TPSA) is 60.9 Å². The van der Waals surface area contributed by atoms with Crippen LogP contribution in [0, 0.1) is 0 Å². The number of nitrogens with two attached hydrogens (primary N) is 1. The Hall–Kier alpha value is -0.880. The molecule has 2 rings (SSSR count). The van der Waals surface area contributed by atoms with E-state index in [1.54, 1.807) is 6.26 Å². The van der Waals surface area contributed by atoms with Crippen LogP contribution in [0.2, 0.25) is 0 Å². The molecule has 2 aromatic rings. The molecule has 0 aliphatic carbocycles. The number of hydrogen-bond acceptors (Lipinski definition) is 3. The summed E-state index contributed by atoms with van der Waals surface area (Å²) in [5, 5.41) is 0.161. The number of hydrogen-bond donors (Lipinski definition) is 1. The van der Waals surface area contributed by atoms with Crippen LogP contribution < -0.4 is 5.73 Å².